The van der Waals surface area contributed by atoms with E-state index in [0.29, 0.717) is 13.2 Å². The van der Waals surface area contributed by atoms with Gasteiger partial charge in [-0.1, -0.05) is 50.8 Å². The summed E-state index contributed by atoms with van der Waals surface area (Å²) in [5, 5.41) is 2.93. The van der Waals surface area contributed by atoms with Gasteiger partial charge in [0.1, 0.15) is 0 Å². The van der Waals surface area contributed by atoms with Crippen molar-refractivity contribution in [3.05, 3.63) is 48.2 Å². The standard InChI is InChI=1S/C11H15NO.C2H6/c1-10(12-2)8-13-9-11-6-4-3-5-7-11;1-2/h3-7,12H,1,8-9H2,2H3;1-2H3. The van der Waals surface area contributed by atoms with E-state index < -0.39 is 0 Å². The molecule has 0 unspecified atom stereocenters. The summed E-state index contributed by atoms with van der Waals surface area (Å²) in [5.74, 6) is 0. The molecule has 0 saturated carbocycles. The lowest BCUT2D eigenvalue weighted by atomic mass is 10.2. The van der Waals surface area contributed by atoms with Gasteiger partial charge in [0.05, 0.1) is 13.2 Å². The van der Waals surface area contributed by atoms with E-state index in [2.05, 4.69) is 11.9 Å². The van der Waals surface area contributed by atoms with Crippen molar-refractivity contribution in [3.8, 4) is 0 Å². The van der Waals surface area contributed by atoms with Crippen molar-refractivity contribution in [1.29, 1.82) is 0 Å². The zero-order valence-electron chi connectivity index (χ0n) is 9.92. The second-order valence-corrected chi connectivity index (χ2v) is 2.83. The average molecular weight is 207 g/mol. The van der Waals surface area contributed by atoms with Crippen LogP contribution in [0.25, 0.3) is 0 Å². The van der Waals surface area contributed by atoms with Crippen molar-refractivity contribution in [3.63, 3.8) is 0 Å². The highest BCUT2D eigenvalue weighted by Crippen LogP contribution is 2.00. The van der Waals surface area contributed by atoms with Crippen molar-refractivity contribution < 1.29 is 4.74 Å². The summed E-state index contributed by atoms with van der Waals surface area (Å²) >= 11 is 0. The minimum atomic E-state index is 0.561. The minimum Gasteiger partial charge on any atom is -0.390 e. The molecule has 1 N–H and O–H groups in total. The monoisotopic (exact) mass is 207 g/mol. The second kappa shape index (κ2) is 9.28. The van der Waals surface area contributed by atoms with E-state index in [1.165, 1.54) is 5.56 Å². The van der Waals surface area contributed by atoms with Crippen molar-refractivity contribution in [2.24, 2.45) is 0 Å². The Kier molecular flexibility index (Phi) is 8.49. The van der Waals surface area contributed by atoms with Gasteiger partial charge < -0.3 is 10.1 Å². The maximum Gasteiger partial charge on any atom is 0.0860 e. The molecule has 1 aromatic rings. The van der Waals surface area contributed by atoms with E-state index in [0.717, 1.165) is 5.70 Å². The zero-order chi connectivity index (χ0) is 11.5. The van der Waals surface area contributed by atoms with Gasteiger partial charge in [-0.2, -0.15) is 0 Å². The molecular weight excluding hydrogens is 186 g/mol. The van der Waals surface area contributed by atoms with Crippen LogP contribution in [0.3, 0.4) is 0 Å². The molecule has 0 aromatic heterocycles. The Morgan fingerprint density at radius 2 is 1.87 bits per heavy atom. The van der Waals surface area contributed by atoms with Gasteiger partial charge in [0.2, 0.25) is 0 Å². The van der Waals surface area contributed by atoms with E-state index in [1.807, 2.05) is 51.2 Å². The third-order valence-corrected chi connectivity index (χ3v) is 1.74. The lowest BCUT2D eigenvalue weighted by Gasteiger charge is -2.05. The predicted octanol–water partition coefficient (Wildman–Crippen LogP) is 2.96. The molecule has 0 aliphatic carbocycles. The van der Waals surface area contributed by atoms with Gasteiger partial charge in [-0.25, -0.2) is 0 Å². The fourth-order valence-electron chi connectivity index (χ4n) is 0.938. The van der Waals surface area contributed by atoms with Crippen molar-refractivity contribution in [2.75, 3.05) is 13.7 Å². The molecular formula is C13H21NO. The molecule has 1 rings (SSSR count). The van der Waals surface area contributed by atoms with Crippen molar-refractivity contribution in [1.82, 2.24) is 5.32 Å². The topological polar surface area (TPSA) is 21.3 Å². The summed E-state index contributed by atoms with van der Waals surface area (Å²) in [4.78, 5) is 0. The lowest BCUT2D eigenvalue weighted by Crippen LogP contribution is -2.10. The number of likely N-dealkylation sites (N-methyl/N-ethyl adjacent to an activating group) is 1. The molecule has 1 aromatic carbocycles. The van der Waals surface area contributed by atoms with E-state index in [4.69, 9.17) is 4.74 Å². The third kappa shape index (κ3) is 6.75. The first kappa shape index (κ1) is 13.7. The van der Waals surface area contributed by atoms with Gasteiger partial charge in [0, 0.05) is 12.7 Å². The van der Waals surface area contributed by atoms with E-state index in [1.54, 1.807) is 0 Å². The van der Waals surface area contributed by atoms with Gasteiger partial charge in [0.15, 0.2) is 0 Å². The van der Waals surface area contributed by atoms with Crippen LogP contribution in [0.15, 0.2) is 42.6 Å². The lowest BCUT2D eigenvalue weighted by molar-refractivity contribution is 0.139. The van der Waals surface area contributed by atoms with Crippen LogP contribution in [0.1, 0.15) is 19.4 Å². The van der Waals surface area contributed by atoms with E-state index in [9.17, 15) is 0 Å². The fourth-order valence-corrected chi connectivity index (χ4v) is 0.938. The first-order valence-corrected chi connectivity index (χ1v) is 5.30. The molecule has 0 heterocycles. The third-order valence-electron chi connectivity index (χ3n) is 1.74. The molecule has 0 aliphatic heterocycles. The summed E-state index contributed by atoms with van der Waals surface area (Å²) in [5.41, 5.74) is 2.09. The van der Waals surface area contributed by atoms with Gasteiger partial charge in [-0.3, -0.25) is 0 Å². The summed E-state index contributed by atoms with van der Waals surface area (Å²) in [6, 6.07) is 10.1. The molecule has 0 saturated heterocycles. The smallest absolute Gasteiger partial charge is 0.0860 e. The molecule has 2 nitrogen and oxygen atoms in total. The van der Waals surface area contributed by atoms with Crippen molar-refractivity contribution in [2.45, 2.75) is 20.5 Å². The maximum absolute atomic E-state index is 5.41. The van der Waals surface area contributed by atoms with Crippen LogP contribution in [-0.2, 0) is 11.3 Å². The molecule has 0 bridgehead atoms. The van der Waals surface area contributed by atoms with Gasteiger partial charge >= 0.3 is 0 Å². The van der Waals surface area contributed by atoms with Crippen LogP contribution >= 0.6 is 0 Å². The number of rotatable bonds is 5. The van der Waals surface area contributed by atoms with Gasteiger partial charge in [-0.05, 0) is 5.56 Å². The summed E-state index contributed by atoms with van der Waals surface area (Å²) in [6.45, 7) is 8.97. The van der Waals surface area contributed by atoms with Gasteiger partial charge in [-0.15, -0.1) is 0 Å². The Hall–Kier alpha value is -1.28. The van der Waals surface area contributed by atoms with Crippen LogP contribution in [0.2, 0.25) is 0 Å². The average Bonchev–Trinajstić information content (AvgIpc) is 2.33. The first-order chi connectivity index (χ1) is 7.33. The highest BCUT2D eigenvalue weighted by molar-refractivity contribution is 5.13. The van der Waals surface area contributed by atoms with Crippen LogP contribution < -0.4 is 5.32 Å². The predicted molar refractivity (Wildman–Crippen MR) is 65.6 cm³/mol. The Bertz CT molecular complexity index is 256. The number of nitrogens with one attached hydrogen (secondary N) is 1. The summed E-state index contributed by atoms with van der Waals surface area (Å²) in [6.07, 6.45) is 0. The first-order valence-electron chi connectivity index (χ1n) is 5.30. The number of ether oxygens (including phenoxy) is 1. The highest BCUT2D eigenvalue weighted by Gasteiger charge is 1.92. The molecule has 15 heavy (non-hydrogen) atoms. The van der Waals surface area contributed by atoms with Crippen molar-refractivity contribution >= 4 is 0 Å². The second-order valence-electron chi connectivity index (χ2n) is 2.83. The molecule has 84 valence electrons. The molecule has 2 heteroatoms. The number of hydrogen-bond donors (Lipinski definition) is 1. The van der Waals surface area contributed by atoms with Crippen LogP contribution in [-0.4, -0.2) is 13.7 Å². The van der Waals surface area contributed by atoms with Crippen LogP contribution in [0, 0.1) is 0 Å². The Morgan fingerprint density at radius 3 is 2.40 bits per heavy atom. The Labute approximate surface area is 93.0 Å². The largest absolute Gasteiger partial charge is 0.390 e. The molecule has 0 spiro atoms. The summed E-state index contributed by atoms with van der Waals surface area (Å²) in [7, 11) is 1.84. The van der Waals surface area contributed by atoms with Gasteiger partial charge in [0.25, 0.3) is 0 Å². The van der Waals surface area contributed by atoms with E-state index >= 15 is 0 Å². The number of hydrogen-bond acceptors (Lipinski definition) is 2. The van der Waals surface area contributed by atoms with Crippen LogP contribution in [0.4, 0.5) is 0 Å². The SMILES string of the molecule is C=C(COCc1ccccc1)NC.CC. The Balaban J connectivity index is 0.000000921. The molecule has 0 radical (unpaired) electrons. The fraction of sp³-hybridized carbons (Fsp3) is 0.385. The summed E-state index contributed by atoms with van der Waals surface area (Å²) < 4.78 is 5.41. The Morgan fingerprint density at radius 1 is 1.27 bits per heavy atom. The molecule has 0 fully saturated rings. The van der Waals surface area contributed by atoms with Crippen LogP contribution in [0.5, 0.6) is 0 Å². The highest BCUT2D eigenvalue weighted by atomic mass is 16.5. The quantitative estimate of drug-likeness (QED) is 0.801. The zero-order valence-corrected chi connectivity index (χ0v) is 9.92. The molecule has 0 aliphatic rings. The van der Waals surface area contributed by atoms with E-state index in [-0.39, 0.29) is 0 Å². The normalized spacial score (nSPS) is 8.73. The molecule has 0 atom stereocenters. The maximum atomic E-state index is 5.41. The molecule has 0 amide bonds. The number of benzene rings is 1. The minimum absolute atomic E-state index is 0.561.